The van der Waals surface area contributed by atoms with Crippen LogP contribution in [0.25, 0.3) is 11.1 Å². The third-order valence-electron chi connectivity index (χ3n) is 5.44. The lowest BCUT2D eigenvalue weighted by molar-refractivity contribution is -0.126. The van der Waals surface area contributed by atoms with Gasteiger partial charge in [-0.25, -0.2) is 13.2 Å². The van der Waals surface area contributed by atoms with Crippen LogP contribution in [0.2, 0.25) is 0 Å². The molecule has 158 valence electrons. The van der Waals surface area contributed by atoms with Crippen molar-refractivity contribution in [2.45, 2.75) is 31.2 Å². The molecule has 0 spiro atoms. The Bertz CT molecular complexity index is 1220. The molecule has 2 heterocycles. The lowest BCUT2D eigenvalue weighted by Gasteiger charge is -2.30. The predicted molar refractivity (Wildman–Crippen MR) is 111 cm³/mol. The van der Waals surface area contributed by atoms with Crippen LogP contribution in [0, 0.1) is 12.8 Å². The third-order valence-corrected chi connectivity index (χ3v) is 7.34. The van der Waals surface area contributed by atoms with Crippen LogP contribution in [0.4, 0.5) is 0 Å². The number of nitrogens with one attached hydrogen (secondary N) is 2. The van der Waals surface area contributed by atoms with E-state index in [1.54, 1.807) is 0 Å². The van der Waals surface area contributed by atoms with Crippen molar-refractivity contribution in [2.24, 2.45) is 5.92 Å². The summed E-state index contributed by atoms with van der Waals surface area (Å²) in [6.07, 6.45) is 0.918. The third kappa shape index (κ3) is 4.17. The number of fused-ring (bicyclic) bond motifs is 1. The van der Waals surface area contributed by atoms with Crippen LogP contribution in [0.1, 0.15) is 24.0 Å². The second-order valence-electron chi connectivity index (χ2n) is 7.55. The van der Waals surface area contributed by atoms with E-state index in [4.69, 9.17) is 4.42 Å². The average Bonchev–Trinajstić information content (AvgIpc) is 3.12. The Morgan fingerprint density at radius 1 is 1.17 bits per heavy atom. The van der Waals surface area contributed by atoms with Gasteiger partial charge in [0.05, 0.1) is 10.4 Å². The minimum Gasteiger partial charge on any atom is -0.408 e. The van der Waals surface area contributed by atoms with Crippen molar-refractivity contribution in [2.75, 3.05) is 13.1 Å². The number of carbonyl (C=O) groups is 1. The van der Waals surface area contributed by atoms with Gasteiger partial charge < -0.3 is 9.73 Å². The number of benzene rings is 2. The van der Waals surface area contributed by atoms with E-state index in [2.05, 4.69) is 10.3 Å². The highest BCUT2D eigenvalue weighted by atomic mass is 32.2. The summed E-state index contributed by atoms with van der Waals surface area (Å²) in [5, 5.41) is 2.94. The molecule has 1 aromatic heterocycles. The molecule has 0 atom stereocenters. The maximum Gasteiger partial charge on any atom is 0.417 e. The topological polar surface area (TPSA) is 112 Å². The van der Waals surface area contributed by atoms with Crippen molar-refractivity contribution in [3.8, 4) is 0 Å². The molecule has 0 saturated carbocycles. The molecule has 9 heteroatoms. The highest BCUT2D eigenvalue weighted by Gasteiger charge is 2.32. The number of H-pyrrole nitrogens is 1. The number of aromatic nitrogens is 1. The molecular formula is C21H23N3O5S. The van der Waals surface area contributed by atoms with Crippen molar-refractivity contribution < 1.29 is 17.6 Å². The summed E-state index contributed by atoms with van der Waals surface area (Å²) >= 11 is 0. The number of sulfonamides is 1. The van der Waals surface area contributed by atoms with Crippen LogP contribution in [0.5, 0.6) is 0 Å². The molecule has 0 aliphatic carbocycles. The number of aryl methyl sites for hydroxylation is 1. The zero-order valence-corrected chi connectivity index (χ0v) is 17.4. The molecule has 4 rings (SSSR count). The predicted octanol–water partition coefficient (Wildman–Crippen LogP) is 2.15. The molecule has 1 amide bonds. The number of piperidine rings is 1. The SMILES string of the molecule is Cc1ccc(CNC(=O)C2CCN(S(=O)(=O)c3ccc4[nH]c(=O)oc4c3)CC2)cc1. The zero-order valence-electron chi connectivity index (χ0n) is 16.6. The van der Waals surface area contributed by atoms with E-state index in [9.17, 15) is 18.0 Å². The smallest absolute Gasteiger partial charge is 0.408 e. The molecule has 2 N–H and O–H groups in total. The summed E-state index contributed by atoms with van der Waals surface area (Å²) in [6.45, 7) is 3.00. The summed E-state index contributed by atoms with van der Waals surface area (Å²) < 4.78 is 32.2. The molecule has 30 heavy (non-hydrogen) atoms. The van der Waals surface area contributed by atoms with E-state index in [0.717, 1.165) is 11.1 Å². The highest BCUT2D eigenvalue weighted by molar-refractivity contribution is 7.89. The number of nitrogens with zero attached hydrogens (tertiary/aromatic N) is 1. The van der Waals surface area contributed by atoms with Gasteiger partial charge in [-0.2, -0.15) is 4.31 Å². The lowest BCUT2D eigenvalue weighted by atomic mass is 9.97. The van der Waals surface area contributed by atoms with Crippen molar-refractivity contribution in [3.05, 3.63) is 64.1 Å². The molecule has 0 bridgehead atoms. The number of oxazole rings is 1. The summed E-state index contributed by atoms with van der Waals surface area (Å²) in [5.41, 5.74) is 2.84. The molecule has 1 saturated heterocycles. The Balaban J connectivity index is 1.37. The second kappa shape index (κ2) is 8.08. The monoisotopic (exact) mass is 429 g/mol. The van der Waals surface area contributed by atoms with E-state index in [1.807, 2.05) is 31.2 Å². The van der Waals surface area contributed by atoms with Gasteiger partial charge in [-0.3, -0.25) is 9.78 Å². The molecule has 1 fully saturated rings. The van der Waals surface area contributed by atoms with E-state index < -0.39 is 15.8 Å². The van der Waals surface area contributed by atoms with Gasteiger partial charge in [0.15, 0.2) is 5.58 Å². The maximum absolute atomic E-state index is 12.9. The van der Waals surface area contributed by atoms with E-state index >= 15 is 0 Å². The van der Waals surface area contributed by atoms with Gasteiger partial charge in [0.2, 0.25) is 15.9 Å². The summed E-state index contributed by atoms with van der Waals surface area (Å²) in [4.78, 5) is 26.3. The lowest BCUT2D eigenvalue weighted by Crippen LogP contribution is -2.42. The normalized spacial score (nSPS) is 16.0. The summed E-state index contributed by atoms with van der Waals surface area (Å²) in [5.74, 6) is -0.896. The maximum atomic E-state index is 12.9. The summed E-state index contributed by atoms with van der Waals surface area (Å²) in [7, 11) is -3.73. The van der Waals surface area contributed by atoms with E-state index in [0.29, 0.717) is 24.9 Å². The molecular weight excluding hydrogens is 406 g/mol. The van der Waals surface area contributed by atoms with Gasteiger partial charge in [0, 0.05) is 31.6 Å². The second-order valence-corrected chi connectivity index (χ2v) is 9.49. The first-order valence-electron chi connectivity index (χ1n) is 9.79. The molecule has 8 nitrogen and oxygen atoms in total. The fourth-order valence-corrected chi connectivity index (χ4v) is 5.12. The van der Waals surface area contributed by atoms with Crippen LogP contribution in [0.15, 0.2) is 56.6 Å². The highest BCUT2D eigenvalue weighted by Crippen LogP contribution is 2.25. The first-order chi connectivity index (χ1) is 14.3. The van der Waals surface area contributed by atoms with Crippen molar-refractivity contribution in [1.82, 2.24) is 14.6 Å². The van der Waals surface area contributed by atoms with Gasteiger partial charge >= 0.3 is 5.76 Å². The Morgan fingerprint density at radius 2 is 1.87 bits per heavy atom. The standard InChI is InChI=1S/C21H23N3O5S/c1-14-2-4-15(5-3-14)13-22-20(25)16-8-10-24(11-9-16)30(27,28)17-6-7-18-19(12-17)29-21(26)23-18/h2-7,12,16H,8-11,13H2,1H3,(H,22,25)(H,23,26). The zero-order chi connectivity index (χ0) is 21.3. The van der Waals surface area contributed by atoms with Gasteiger partial charge in [0.1, 0.15) is 0 Å². The van der Waals surface area contributed by atoms with Gasteiger partial charge in [-0.15, -0.1) is 0 Å². The Hall–Kier alpha value is -2.91. The molecule has 2 aromatic carbocycles. The van der Waals surface area contributed by atoms with Gasteiger partial charge in [-0.1, -0.05) is 29.8 Å². The molecule has 0 unspecified atom stereocenters. The Kier molecular flexibility index (Phi) is 5.48. The van der Waals surface area contributed by atoms with E-state index in [-0.39, 0.29) is 35.4 Å². The number of aromatic amines is 1. The van der Waals surface area contributed by atoms with Crippen LogP contribution < -0.4 is 11.1 Å². The van der Waals surface area contributed by atoms with Gasteiger partial charge in [0.25, 0.3) is 0 Å². The van der Waals surface area contributed by atoms with E-state index in [1.165, 1.54) is 22.5 Å². The number of hydrogen-bond donors (Lipinski definition) is 2. The average molecular weight is 429 g/mol. The Morgan fingerprint density at radius 3 is 2.57 bits per heavy atom. The largest absolute Gasteiger partial charge is 0.417 e. The minimum atomic E-state index is -3.73. The quantitative estimate of drug-likeness (QED) is 0.645. The number of carbonyl (C=O) groups excluding carboxylic acids is 1. The van der Waals surface area contributed by atoms with Crippen LogP contribution in [-0.2, 0) is 21.4 Å². The molecule has 1 aliphatic heterocycles. The van der Waals surface area contributed by atoms with Crippen LogP contribution in [0.3, 0.4) is 0 Å². The fraction of sp³-hybridized carbons (Fsp3) is 0.333. The van der Waals surface area contributed by atoms with Crippen LogP contribution >= 0.6 is 0 Å². The molecule has 1 aliphatic rings. The molecule has 0 radical (unpaired) electrons. The fourth-order valence-electron chi connectivity index (χ4n) is 3.63. The molecule has 3 aromatic rings. The first-order valence-corrected chi connectivity index (χ1v) is 11.2. The number of rotatable bonds is 5. The number of hydrogen-bond acceptors (Lipinski definition) is 5. The van der Waals surface area contributed by atoms with Crippen molar-refractivity contribution >= 4 is 27.0 Å². The van der Waals surface area contributed by atoms with Gasteiger partial charge in [-0.05, 0) is 37.5 Å². The van der Waals surface area contributed by atoms with Crippen molar-refractivity contribution in [3.63, 3.8) is 0 Å². The Labute approximate surface area is 173 Å². The van der Waals surface area contributed by atoms with Crippen LogP contribution in [-0.4, -0.2) is 36.7 Å². The number of amides is 1. The first kappa shape index (κ1) is 20.4. The minimum absolute atomic E-state index is 0.0526. The summed E-state index contributed by atoms with van der Waals surface area (Å²) in [6, 6.07) is 12.3. The van der Waals surface area contributed by atoms with Crippen molar-refractivity contribution in [1.29, 1.82) is 0 Å².